The number of esters is 2. The SMILES string of the molecule is COc1cc(/C=C2\N=C(c3ccc([N+](=O)[O-])cc3Cl)OC2=O)cc(Cl)c1OC(=O)c1cccc(C)c1. The van der Waals surface area contributed by atoms with E-state index < -0.39 is 16.9 Å². The molecule has 9 nitrogen and oxygen atoms in total. The molecule has 3 aromatic carbocycles. The molecule has 0 fully saturated rings. The monoisotopic (exact) mass is 526 g/mol. The van der Waals surface area contributed by atoms with Crippen LogP contribution in [-0.4, -0.2) is 29.9 Å². The lowest BCUT2D eigenvalue weighted by Gasteiger charge is -2.12. The first-order valence-electron chi connectivity index (χ1n) is 10.3. The number of aryl methyl sites for hydroxylation is 1. The van der Waals surface area contributed by atoms with Gasteiger partial charge in [0, 0.05) is 12.1 Å². The highest BCUT2D eigenvalue weighted by atomic mass is 35.5. The van der Waals surface area contributed by atoms with Gasteiger partial charge in [0.05, 0.1) is 33.2 Å². The van der Waals surface area contributed by atoms with Crippen molar-refractivity contribution in [2.45, 2.75) is 6.92 Å². The van der Waals surface area contributed by atoms with Gasteiger partial charge >= 0.3 is 11.9 Å². The smallest absolute Gasteiger partial charge is 0.363 e. The van der Waals surface area contributed by atoms with E-state index in [1.165, 1.54) is 37.5 Å². The van der Waals surface area contributed by atoms with E-state index >= 15 is 0 Å². The number of benzene rings is 3. The largest absolute Gasteiger partial charge is 0.493 e. The lowest BCUT2D eigenvalue weighted by Crippen LogP contribution is -2.10. The Kier molecular flexibility index (Phi) is 7.05. The van der Waals surface area contributed by atoms with Gasteiger partial charge in [0.1, 0.15) is 0 Å². The van der Waals surface area contributed by atoms with Crippen LogP contribution in [0.4, 0.5) is 5.69 Å². The van der Waals surface area contributed by atoms with Crippen LogP contribution >= 0.6 is 23.2 Å². The summed E-state index contributed by atoms with van der Waals surface area (Å²) in [5, 5.41) is 11.0. The number of nitrogens with zero attached hydrogens (tertiary/aromatic N) is 2. The molecule has 11 heteroatoms. The Balaban J connectivity index is 1.63. The number of non-ortho nitro benzene ring substituents is 1. The molecule has 182 valence electrons. The Morgan fingerprint density at radius 1 is 1.11 bits per heavy atom. The molecule has 0 aliphatic carbocycles. The van der Waals surface area contributed by atoms with Gasteiger partial charge in [-0.1, -0.05) is 40.9 Å². The molecule has 1 aliphatic heterocycles. The van der Waals surface area contributed by atoms with E-state index in [2.05, 4.69) is 4.99 Å². The van der Waals surface area contributed by atoms with Crippen LogP contribution in [-0.2, 0) is 9.53 Å². The highest BCUT2D eigenvalue weighted by Gasteiger charge is 2.27. The van der Waals surface area contributed by atoms with Gasteiger partial charge in [-0.3, -0.25) is 10.1 Å². The lowest BCUT2D eigenvalue weighted by atomic mass is 10.1. The molecule has 1 heterocycles. The summed E-state index contributed by atoms with van der Waals surface area (Å²) in [6.45, 7) is 1.85. The van der Waals surface area contributed by atoms with Crippen LogP contribution in [0.15, 0.2) is 65.3 Å². The van der Waals surface area contributed by atoms with Crippen LogP contribution in [0.5, 0.6) is 11.5 Å². The summed E-state index contributed by atoms with van der Waals surface area (Å²) in [7, 11) is 1.38. The standard InChI is InChI=1S/C25H16Cl2N2O7/c1-13-4-3-5-15(8-13)24(30)35-22-19(27)9-14(11-21(22)34-2)10-20-25(31)36-23(28-20)17-7-6-16(29(32)33)12-18(17)26/h3-12H,1-2H3/b20-10-. The minimum atomic E-state index is -0.760. The van der Waals surface area contributed by atoms with Gasteiger partial charge in [-0.05, 0) is 48.9 Å². The number of carbonyl (C=O) groups excluding carboxylic acids is 2. The number of ether oxygens (including phenoxy) is 3. The van der Waals surface area contributed by atoms with Gasteiger partial charge < -0.3 is 14.2 Å². The van der Waals surface area contributed by atoms with E-state index in [0.717, 1.165) is 11.6 Å². The van der Waals surface area contributed by atoms with Gasteiger partial charge in [-0.15, -0.1) is 0 Å². The summed E-state index contributed by atoms with van der Waals surface area (Å²) in [6.07, 6.45) is 1.40. The molecule has 3 aromatic rings. The molecule has 0 radical (unpaired) electrons. The van der Waals surface area contributed by atoms with Gasteiger partial charge in [-0.25, -0.2) is 14.6 Å². The maximum atomic E-state index is 12.6. The van der Waals surface area contributed by atoms with Crippen molar-refractivity contribution in [1.29, 1.82) is 0 Å². The van der Waals surface area contributed by atoms with Crippen LogP contribution in [0.3, 0.4) is 0 Å². The Hall–Kier alpha value is -4.21. The van der Waals surface area contributed by atoms with E-state index in [4.69, 9.17) is 37.4 Å². The third kappa shape index (κ3) is 5.22. The van der Waals surface area contributed by atoms with Crippen molar-refractivity contribution in [3.05, 3.63) is 103 Å². The third-order valence-corrected chi connectivity index (χ3v) is 5.61. The van der Waals surface area contributed by atoms with Crippen molar-refractivity contribution >= 4 is 52.8 Å². The number of nitro groups is 1. The molecule has 0 spiro atoms. The van der Waals surface area contributed by atoms with Crippen LogP contribution in [0.1, 0.15) is 27.0 Å². The first-order chi connectivity index (χ1) is 17.2. The van der Waals surface area contributed by atoms with Gasteiger partial charge in [0.25, 0.3) is 5.69 Å². The Labute approximate surface area is 214 Å². The van der Waals surface area contributed by atoms with Gasteiger partial charge in [0.15, 0.2) is 17.2 Å². The number of aliphatic imine (C=N–C) groups is 1. The van der Waals surface area contributed by atoms with Crippen molar-refractivity contribution in [3.63, 3.8) is 0 Å². The number of carbonyl (C=O) groups is 2. The fourth-order valence-corrected chi connectivity index (χ4v) is 3.83. The molecule has 0 bridgehead atoms. The Bertz CT molecular complexity index is 1480. The second-order valence-electron chi connectivity index (χ2n) is 7.55. The highest BCUT2D eigenvalue weighted by molar-refractivity contribution is 6.35. The molecule has 0 unspecified atom stereocenters. The number of hydrogen-bond donors (Lipinski definition) is 0. The molecular weight excluding hydrogens is 511 g/mol. The molecule has 36 heavy (non-hydrogen) atoms. The molecule has 0 saturated heterocycles. The number of hydrogen-bond acceptors (Lipinski definition) is 8. The van der Waals surface area contributed by atoms with Crippen molar-refractivity contribution < 1.29 is 28.7 Å². The van der Waals surface area contributed by atoms with Crippen LogP contribution in [0.25, 0.3) is 6.08 Å². The van der Waals surface area contributed by atoms with E-state index in [1.54, 1.807) is 18.2 Å². The molecule has 0 aromatic heterocycles. The zero-order valence-corrected chi connectivity index (χ0v) is 20.3. The average molecular weight is 527 g/mol. The molecule has 0 N–H and O–H groups in total. The normalized spacial score (nSPS) is 13.8. The second kappa shape index (κ2) is 10.2. The van der Waals surface area contributed by atoms with Crippen molar-refractivity contribution in [2.24, 2.45) is 4.99 Å². The molecule has 0 saturated carbocycles. The fourth-order valence-electron chi connectivity index (χ4n) is 3.32. The van der Waals surface area contributed by atoms with E-state index in [1.807, 2.05) is 13.0 Å². The van der Waals surface area contributed by atoms with Crippen LogP contribution in [0, 0.1) is 17.0 Å². The molecule has 4 rings (SSSR count). The summed E-state index contributed by atoms with van der Waals surface area (Å²) >= 11 is 12.5. The zero-order chi connectivity index (χ0) is 26.0. The van der Waals surface area contributed by atoms with Crippen molar-refractivity contribution in [3.8, 4) is 11.5 Å². The van der Waals surface area contributed by atoms with E-state index in [0.29, 0.717) is 11.1 Å². The lowest BCUT2D eigenvalue weighted by molar-refractivity contribution is -0.384. The number of halogens is 2. The first-order valence-corrected chi connectivity index (χ1v) is 11.0. The Morgan fingerprint density at radius 3 is 2.56 bits per heavy atom. The number of methoxy groups -OCH3 is 1. The van der Waals surface area contributed by atoms with Gasteiger partial charge in [0.2, 0.25) is 5.90 Å². The predicted octanol–water partition coefficient (Wildman–Crippen LogP) is 5.78. The summed E-state index contributed by atoms with van der Waals surface area (Å²) in [5.41, 5.74) is 1.59. The fraction of sp³-hybridized carbons (Fsp3) is 0.0800. The van der Waals surface area contributed by atoms with Crippen LogP contribution < -0.4 is 9.47 Å². The third-order valence-electron chi connectivity index (χ3n) is 5.02. The van der Waals surface area contributed by atoms with E-state index in [-0.39, 0.29) is 44.4 Å². The molecule has 0 amide bonds. The first kappa shape index (κ1) is 24.9. The van der Waals surface area contributed by atoms with Gasteiger partial charge in [-0.2, -0.15) is 0 Å². The minimum absolute atomic E-state index is 0.00138. The number of rotatable bonds is 6. The summed E-state index contributed by atoms with van der Waals surface area (Å²) in [6, 6.07) is 13.6. The summed E-state index contributed by atoms with van der Waals surface area (Å²) in [5.74, 6) is -1.30. The van der Waals surface area contributed by atoms with Crippen LogP contribution in [0.2, 0.25) is 10.0 Å². The molecular formula is C25H16Cl2N2O7. The molecule has 0 atom stereocenters. The Morgan fingerprint density at radius 2 is 1.89 bits per heavy atom. The number of nitro benzene ring substituents is 1. The topological polar surface area (TPSA) is 117 Å². The van der Waals surface area contributed by atoms with Crippen molar-refractivity contribution in [2.75, 3.05) is 7.11 Å². The second-order valence-corrected chi connectivity index (χ2v) is 8.36. The number of cyclic esters (lactones) is 1. The highest BCUT2D eigenvalue weighted by Crippen LogP contribution is 2.38. The maximum Gasteiger partial charge on any atom is 0.363 e. The zero-order valence-electron chi connectivity index (χ0n) is 18.8. The predicted molar refractivity (Wildman–Crippen MR) is 133 cm³/mol. The average Bonchev–Trinajstić information content (AvgIpc) is 3.19. The molecule has 1 aliphatic rings. The van der Waals surface area contributed by atoms with E-state index in [9.17, 15) is 19.7 Å². The quantitative estimate of drug-likeness (QED) is 0.131. The van der Waals surface area contributed by atoms with Crippen molar-refractivity contribution in [1.82, 2.24) is 0 Å². The minimum Gasteiger partial charge on any atom is -0.493 e. The summed E-state index contributed by atoms with van der Waals surface area (Å²) < 4.78 is 16.0. The maximum absolute atomic E-state index is 12.6. The summed E-state index contributed by atoms with van der Waals surface area (Å²) in [4.78, 5) is 39.4.